The predicted octanol–water partition coefficient (Wildman–Crippen LogP) is 0.375. The third-order valence-corrected chi connectivity index (χ3v) is 1.47. The molecule has 3 nitrogen and oxygen atoms in total. The van der Waals surface area contributed by atoms with Crippen LogP contribution < -0.4 is 11.1 Å². The average molecular weight is 164 g/mol. The van der Waals surface area contributed by atoms with Crippen molar-refractivity contribution in [1.82, 2.24) is 5.32 Å². The fourth-order valence-corrected chi connectivity index (χ4v) is 0.877. The Morgan fingerprint density at radius 2 is 2.00 bits per heavy atom. The summed E-state index contributed by atoms with van der Waals surface area (Å²) in [6.07, 6.45) is 0. The molecule has 64 valence electrons. The summed E-state index contributed by atoms with van der Waals surface area (Å²) in [6, 6.07) is 9.08. The van der Waals surface area contributed by atoms with E-state index in [0.717, 1.165) is 0 Å². The standard InChI is InChI=1S/C9H12N2O/c10-6-7-11-9(12)8-4-2-1-3-5-8/h1-5H,6-7,10H2,(H,11,12). The molecule has 0 aliphatic rings. The molecule has 0 bridgehead atoms. The van der Waals surface area contributed by atoms with Gasteiger partial charge < -0.3 is 11.1 Å². The topological polar surface area (TPSA) is 55.1 Å². The van der Waals surface area contributed by atoms with Crippen molar-refractivity contribution >= 4 is 5.91 Å². The van der Waals surface area contributed by atoms with Gasteiger partial charge in [-0.15, -0.1) is 0 Å². The van der Waals surface area contributed by atoms with Gasteiger partial charge in [-0.05, 0) is 12.1 Å². The summed E-state index contributed by atoms with van der Waals surface area (Å²) in [6.45, 7) is 0.992. The van der Waals surface area contributed by atoms with E-state index in [9.17, 15) is 4.79 Å². The van der Waals surface area contributed by atoms with E-state index in [-0.39, 0.29) is 5.91 Å². The van der Waals surface area contributed by atoms with E-state index in [2.05, 4.69) is 5.32 Å². The summed E-state index contributed by atoms with van der Waals surface area (Å²) in [4.78, 5) is 11.2. The highest BCUT2D eigenvalue weighted by atomic mass is 16.1. The molecule has 0 unspecified atom stereocenters. The van der Waals surface area contributed by atoms with E-state index in [4.69, 9.17) is 5.73 Å². The number of carbonyl (C=O) groups is 1. The second kappa shape index (κ2) is 4.51. The van der Waals surface area contributed by atoms with E-state index in [0.29, 0.717) is 18.7 Å². The van der Waals surface area contributed by atoms with Crippen LogP contribution in [0, 0.1) is 0 Å². The zero-order valence-corrected chi connectivity index (χ0v) is 6.79. The molecule has 1 aromatic carbocycles. The van der Waals surface area contributed by atoms with Gasteiger partial charge in [0.1, 0.15) is 0 Å². The monoisotopic (exact) mass is 164 g/mol. The number of nitrogens with one attached hydrogen (secondary N) is 1. The zero-order valence-electron chi connectivity index (χ0n) is 6.79. The highest BCUT2D eigenvalue weighted by Gasteiger charge is 2.00. The Labute approximate surface area is 71.6 Å². The fraction of sp³-hybridized carbons (Fsp3) is 0.222. The number of hydrogen-bond acceptors (Lipinski definition) is 2. The van der Waals surface area contributed by atoms with Crippen LogP contribution in [0.1, 0.15) is 10.4 Å². The second-order valence-corrected chi connectivity index (χ2v) is 2.41. The van der Waals surface area contributed by atoms with Crippen LogP contribution in [0.4, 0.5) is 0 Å². The molecule has 0 saturated heterocycles. The van der Waals surface area contributed by atoms with Crippen LogP contribution in [0.2, 0.25) is 0 Å². The normalized spacial score (nSPS) is 9.42. The molecule has 0 aliphatic heterocycles. The molecule has 0 aromatic heterocycles. The van der Waals surface area contributed by atoms with Gasteiger partial charge in [0.05, 0.1) is 0 Å². The smallest absolute Gasteiger partial charge is 0.251 e. The van der Waals surface area contributed by atoms with Crippen molar-refractivity contribution in [3.05, 3.63) is 35.9 Å². The van der Waals surface area contributed by atoms with Crippen molar-refractivity contribution < 1.29 is 4.79 Å². The molecular weight excluding hydrogens is 152 g/mol. The highest BCUT2D eigenvalue weighted by Crippen LogP contribution is 1.96. The summed E-state index contributed by atoms with van der Waals surface area (Å²) < 4.78 is 0. The molecule has 3 N–H and O–H groups in total. The van der Waals surface area contributed by atoms with E-state index in [1.54, 1.807) is 12.1 Å². The number of nitrogens with two attached hydrogens (primary N) is 1. The molecule has 1 rings (SSSR count). The largest absolute Gasteiger partial charge is 0.351 e. The van der Waals surface area contributed by atoms with Crippen LogP contribution in [-0.2, 0) is 0 Å². The zero-order chi connectivity index (χ0) is 8.81. The van der Waals surface area contributed by atoms with Crippen LogP contribution in [0.3, 0.4) is 0 Å². The van der Waals surface area contributed by atoms with Crippen molar-refractivity contribution in [2.75, 3.05) is 13.1 Å². The number of hydrogen-bond donors (Lipinski definition) is 2. The van der Waals surface area contributed by atoms with E-state index in [1.165, 1.54) is 0 Å². The van der Waals surface area contributed by atoms with Gasteiger partial charge in [0, 0.05) is 18.7 Å². The summed E-state index contributed by atoms with van der Waals surface area (Å²) in [5.74, 6) is -0.0685. The van der Waals surface area contributed by atoms with Gasteiger partial charge in [0.15, 0.2) is 0 Å². The fourth-order valence-electron chi connectivity index (χ4n) is 0.877. The lowest BCUT2D eigenvalue weighted by molar-refractivity contribution is 0.0955. The molecule has 0 aliphatic carbocycles. The number of benzene rings is 1. The molecule has 1 aromatic rings. The van der Waals surface area contributed by atoms with Gasteiger partial charge in [-0.25, -0.2) is 0 Å². The Morgan fingerprint density at radius 3 is 2.58 bits per heavy atom. The first-order chi connectivity index (χ1) is 5.84. The van der Waals surface area contributed by atoms with Gasteiger partial charge in [-0.1, -0.05) is 18.2 Å². The predicted molar refractivity (Wildman–Crippen MR) is 47.8 cm³/mol. The molecule has 0 spiro atoms. The maximum Gasteiger partial charge on any atom is 0.251 e. The lowest BCUT2D eigenvalue weighted by Gasteiger charge is -2.01. The third-order valence-electron chi connectivity index (χ3n) is 1.47. The Morgan fingerprint density at radius 1 is 1.33 bits per heavy atom. The van der Waals surface area contributed by atoms with Crippen molar-refractivity contribution in [2.45, 2.75) is 0 Å². The Balaban J connectivity index is 2.54. The molecule has 0 heterocycles. The Bertz CT molecular complexity index is 246. The maximum absolute atomic E-state index is 11.2. The van der Waals surface area contributed by atoms with Crippen LogP contribution in [0.5, 0.6) is 0 Å². The minimum Gasteiger partial charge on any atom is -0.351 e. The van der Waals surface area contributed by atoms with Crippen molar-refractivity contribution in [3.63, 3.8) is 0 Å². The lowest BCUT2D eigenvalue weighted by atomic mass is 10.2. The SMILES string of the molecule is NCCNC(=O)c1ccccc1. The summed E-state index contributed by atoms with van der Waals surface area (Å²) in [5.41, 5.74) is 5.91. The maximum atomic E-state index is 11.2. The average Bonchev–Trinajstić information content (AvgIpc) is 2.15. The molecule has 0 atom stereocenters. The Kier molecular flexibility index (Phi) is 3.29. The lowest BCUT2D eigenvalue weighted by Crippen LogP contribution is -2.28. The molecular formula is C9H12N2O. The molecule has 1 amide bonds. The quantitative estimate of drug-likeness (QED) is 0.678. The third kappa shape index (κ3) is 2.36. The van der Waals surface area contributed by atoms with E-state index in [1.807, 2.05) is 18.2 Å². The first kappa shape index (κ1) is 8.74. The molecule has 0 fully saturated rings. The molecule has 12 heavy (non-hydrogen) atoms. The van der Waals surface area contributed by atoms with E-state index >= 15 is 0 Å². The minimum atomic E-state index is -0.0685. The van der Waals surface area contributed by atoms with E-state index < -0.39 is 0 Å². The van der Waals surface area contributed by atoms with Gasteiger partial charge in [-0.3, -0.25) is 4.79 Å². The number of rotatable bonds is 3. The Hall–Kier alpha value is -1.35. The van der Waals surface area contributed by atoms with Crippen LogP contribution in [0.25, 0.3) is 0 Å². The van der Waals surface area contributed by atoms with Crippen molar-refractivity contribution in [3.8, 4) is 0 Å². The number of amides is 1. The summed E-state index contributed by atoms with van der Waals surface area (Å²) in [5, 5.41) is 2.68. The van der Waals surface area contributed by atoms with Gasteiger partial charge in [-0.2, -0.15) is 0 Å². The molecule has 0 saturated carbocycles. The minimum absolute atomic E-state index is 0.0685. The van der Waals surface area contributed by atoms with Crippen LogP contribution in [0.15, 0.2) is 30.3 Å². The van der Waals surface area contributed by atoms with Crippen molar-refractivity contribution in [2.24, 2.45) is 5.73 Å². The first-order valence-corrected chi connectivity index (χ1v) is 3.88. The second-order valence-electron chi connectivity index (χ2n) is 2.41. The van der Waals surface area contributed by atoms with Gasteiger partial charge in [0.25, 0.3) is 5.91 Å². The summed E-state index contributed by atoms with van der Waals surface area (Å²) in [7, 11) is 0. The first-order valence-electron chi connectivity index (χ1n) is 3.88. The highest BCUT2D eigenvalue weighted by molar-refractivity contribution is 5.94. The molecule has 3 heteroatoms. The van der Waals surface area contributed by atoms with Gasteiger partial charge in [0.2, 0.25) is 0 Å². The number of carbonyl (C=O) groups excluding carboxylic acids is 1. The summed E-state index contributed by atoms with van der Waals surface area (Å²) >= 11 is 0. The van der Waals surface area contributed by atoms with Crippen molar-refractivity contribution in [1.29, 1.82) is 0 Å². The molecule has 0 radical (unpaired) electrons. The van der Waals surface area contributed by atoms with Gasteiger partial charge >= 0.3 is 0 Å². The van der Waals surface area contributed by atoms with Crippen LogP contribution in [-0.4, -0.2) is 19.0 Å². The van der Waals surface area contributed by atoms with Crippen LogP contribution >= 0.6 is 0 Å².